The van der Waals surface area contributed by atoms with Crippen LogP contribution in [0.1, 0.15) is 12.7 Å². The van der Waals surface area contributed by atoms with Crippen LogP contribution in [0.15, 0.2) is 53.3 Å². The number of H-pyrrole nitrogens is 1. The average Bonchev–Trinajstić information content (AvgIpc) is 2.72. The number of amides is 2. The number of likely N-dealkylation sites (N-methyl/N-ethyl adjacent to an activating group) is 1. The van der Waals surface area contributed by atoms with E-state index in [0.717, 1.165) is 4.90 Å². The number of anilines is 2. The standard InChI is InChI=1S/C21H21N5O3/c1-2-25(11-18-22-15-8-4-3-7-14(15)21(29)24-18)13-20(28)26-12-19(27)23-16-9-5-6-10-17(16)26/h3-10H,2,11-13H2,1H3,(H,23,27)(H,22,24,29)/p+1. The molecule has 1 aliphatic rings. The van der Waals surface area contributed by atoms with E-state index in [1.165, 1.54) is 4.90 Å². The summed E-state index contributed by atoms with van der Waals surface area (Å²) in [6.07, 6.45) is 0. The maximum Gasteiger partial charge on any atom is 0.282 e. The molecule has 2 amide bonds. The van der Waals surface area contributed by atoms with E-state index in [4.69, 9.17) is 0 Å². The molecular weight excluding hydrogens is 370 g/mol. The Morgan fingerprint density at radius 2 is 1.90 bits per heavy atom. The molecule has 0 spiro atoms. The molecule has 0 bridgehead atoms. The van der Waals surface area contributed by atoms with Gasteiger partial charge in [-0.2, -0.15) is 0 Å². The second-order valence-electron chi connectivity index (χ2n) is 7.03. The molecule has 148 valence electrons. The van der Waals surface area contributed by atoms with Crippen LogP contribution in [-0.4, -0.2) is 41.4 Å². The lowest BCUT2D eigenvalue weighted by Crippen LogP contribution is -3.11. The van der Waals surface area contributed by atoms with Crippen LogP contribution in [0.5, 0.6) is 0 Å². The minimum Gasteiger partial charge on any atom is -0.323 e. The molecule has 1 aliphatic heterocycles. The summed E-state index contributed by atoms with van der Waals surface area (Å²) in [7, 11) is 0. The molecule has 4 rings (SSSR count). The van der Waals surface area contributed by atoms with Crippen LogP contribution in [0.3, 0.4) is 0 Å². The Hall–Kier alpha value is -3.52. The highest BCUT2D eigenvalue weighted by Crippen LogP contribution is 2.28. The van der Waals surface area contributed by atoms with Gasteiger partial charge in [0.15, 0.2) is 12.4 Å². The lowest BCUT2D eigenvalue weighted by molar-refractivity contribution is -0.904. The van der Waals surface area contributed by atoms with Crippen LogP contribution < -0.4 is 20.7 Å². The van der Waals surface area contributed by atoms with Crippen LogP contribution in [-0.2, 0) is 16.1 Å². The van der Waals surface area contributed by atoms with Gasteiger partial charge in [0.05, 0.1) is 28.8 Å². The van der Waals surface area contributed by atoms with E-state index < -0.39 is 0 Å². The van der Waals surface area contributed by atoms with Crippen LogP contribution in [0.4, 0.5) is 11.4 Å². The molecule has 1 aromatic heterocycles. The number of para-hydroxylation sites is 3. The lowest BCUT2D eigenvalue weighted by Gasteiger charge is -2.30. The molecule has 3 N–H and O–H groups in total. The molecule has 0 fully saturated rings. The smallest absolute Gasteiger partial charge is 0.282 e. The summed E-state index contributed by atoms with van der Waals surface area (Å²) in [6, 6.07) is 14.4. The van der Waals surface area contributed by atoms with Crippen molar-refractivity contribution in [1.29, 1.82) is 0 Å². The van der Waals surface area contributed by atoms with Crippen LogP contribution in [0.2, 0.25) is 0 Å². The highest BCUT2D eigenvalue weighted by Gasteiger charge is 2.29. The number of carbonyl (C=O) groups excluding carboxylic acids is 2. The maximum atomic E-state index is 13.0. The Kier molecular flexibility index (Phi) is 5.09. The minimum atomic E-state index is -0.212. The van der Waals surface area contributed by atoms with Gasteiger partial charge < -0.3 is 15.2 Å². The molecule has 3 aromatic rings. The molecule has 0 radical (unpaired) electrons. The number of aromatic amines is 1. The normalized spacial score (nSPS) is 14.4. The highest BCUT2D eigenvalue weighted by molar-refractivity contribution is 6.10. The van der Waals surface area contributed by atoms with Crippen molar-refractivity contribution in [3.63, 3.8) is 0 Å². The molecule has 2 aromatic carbocycles. The number of benzene rings is 2. The number of quaternary nitrogens is 1. The first-order valence-corrected chi connectivity index (χ1v) is 9.56. The van der Waals surface area contributed by atoms with Gasteiger partial charge in [0, 0.05) is 0 Å². The number of hydrogen-bond donors (Lipinski definition) is 3. The number of hydrogen-bond acceptors (Lipinski definition) is 4. The summed E-state index contributed by atoms with van der Waals surface area (Å²) in [5, 5.41) is 3.33. The lowest BCUT2D eigenvalue weighted by atomic mass is 10.2. The predicted octanol–water partition coefficient (Wildman–Crippen LogP) is 0.313. The molecule has 1 atom stereocenters. The van der Waals surface area contributed by atoms with Crippen molar-refractivity contribution in [2.75, 3.05) is 29.9 Å². The van der Waals surface area contributed by atoms with E-state index >= 15 is 0 Å². The third-order valence-corrected chi connectivity index (χ3v) is 5.05. The largest absolute Gasteiger partial charge is 0.323 e. The molecule has 0 saturated heterocycles. The van der Waals surface area contributed by atoms with E-state index in [2.05, 4.69) is 15.3 Å². The van der Waals surface area contributed by atoms with Crippen LogP contribution >= 0.6 is 0 Å². The van der Waals surface area contributed by atoms with Crippen LogP contribution in [0, 0.1) is 0 Å². The van der Waals surface area contributed by atoms with Gasteiger partial charge in [-0.1, -0.05) is 24.3 Å². The molecule has 0 saturated carbocycles. The molecule has 8 heteroatoms. The summed E-state index contributed by atoms with van der Waals surface area (Å²) in [4.78, 5) is 47.0. The van der Waals surface area contributed by atoms with Gasteiger partial charge in [-0.15, -0.1) is 0 Å². The predicted molar refractivity (Wildman–Crippen MR) is 110 cm³/mol. The zero-order valence-corrected chi connectivity index (χ0v) is 16.1. The number of rotatable bonds is 5. The van der Waals surface area contributed by atoms with Gasteiger partial charge in [0.2, 0.25) is 5.91 Å². The monoisotopic (exact) mass is 392 g/mol. The van der Waals surface area contributed by atoms with E-state index in [1.807, 2.05) is 31.2 Å². The first-order chi connectivity index (χ1) is 14.0. The van der Waals surface area contributed by atoms with Gasteiger partial charge in [0.1, 0.15) is 13.1 Å². The number of aromatic nitrogens is 2. The number of nitrogens with zero attached hydrogens (tertiary/aromatic N) is 2. The number of fused-ring (bicyclic) bond motifs is 2. The van der Waals surface area contributed by atoms with Gasteiger partial charge in [-0.25, -0.2) is 4.98 Å². The van der Waals surface area contributed by atoms with Crippen molar-refractivity contribution in [2.24, 2.45) is 0 Å². The summed E-state index contributed by atoms with van der Waals surface area (Å²) in [6.45, 7) is 3.24. The summed E-state index contributed by atoms with van der Waals surface area (Å²) in [5.41, 5.74) is 1.78. The quantitative estimate of drug-likeness (QED) is 0.582. The molecule has 8 nitrogen and oxygen atoms in total. The van der Waals surface area contributed by atoms with Gasteiger partial charge in [0.25, 0.3) is 11.5 Å². The second kappa shape index (κ2) is 7.84. The van der Waals surface area contributed by atoms with Crippen molar-refractivity contribution >= 4 is 34.1 Å². The average molecular weight is 392 g/mol. The van der Waals surface area contributed by atoms with Gasteiger partial charge in [-0.05, 0) is 31.2 Å². The van der Waals surface area contributed by atoms with Gasteiger partial charge in [-0.3, -0.25) is 19.3 Å². The Balaban J connectivity index is 1.53. The first-order valence-electron chi connectivity index (χ1n) is 9.56. The Morgan fingerprint density at radius 1 is 1.14 bits per heavy atom. The van der Waals surface area contributed by atoms with E-state index in [0.29, 0.717) is 41.2 Å². The van der Waals surface area contributed by atoms with Crippen molar-refractivity contribution in [1.82, 2.24) is 9.97 Å². The Bertz CT molecular complexity index is 1140. The van der Waals surface area contributed by atoms with Crippen molar-refractivity contribution in [3.05, 3.63) is 64.7 Å². The highest BCUT2D eigenvalue weighted by atomic mass is 16.2. The molecule has 29 heavy (non-hydrogen) atoms. The summed E-state index contributed by atoms with van der Waals surface area (Å²) >= 11 is 0. The Morgan fingerprint density at radius 3 is 2.72 bits per heavy atom. The first kappa shape index (κ1) is 18.8. The van der Waals surface area contributed by atoms with Crippen LogP contribution in [0.25, 0.3) is 10.9 Å². The molecule has 0 aliphatic carbocycles. The molecular formula is C21H22N5O3+. The summed E-state index contributed by atoms with van der Waals surface area (Å²) in [5.74, 6) is 0.179. The fraction of sp³-hybridized carbons (Fsp3) is 0.238. The van der Waals surface area contributed by atoms with Crippen molar-refractivity contribution in [2.45, 2.75) is 13.5 Å². The van der Waals surface area contributed by atoms with E-state index in [9.17, 15) is 14.4 Å². The van der Waals surface area contributed by atoms with Gasteiger partial charge >= 0.3 is 0 Å². The fourth-order valence-corrected chi connectivity index (χ4v) is 3.53. The minimum absolute atomic E-state index is 0.00208. The van der Waals surface area contributed by atoms with Crippen molar-refractivity contribution in [3.8, 4) is 0 Å². The third kappa shape index (κ3) is 3.88. The zero-order valence-electron chi connectivity index (χ0n) is 16.1. The topological polar surface area (TPSA) is 99.6 Å². The molecule has 1 unspecified atom stereocenters. The van der Waals surface area contributed by atoms with E-state index in [-0.39, 0.29) is 30.5 Å². The number of nitrogens with one attached hydrogen (secondary N) is 3. The fourth-order valence-electron chi connectivity index (χ4n) is 3.53. The zero-order chi connectivity index (χ0) is 20.4. The molecule has 2 heterocycles. The maximum absolute atomic E-state index is 13.0. The third-order valence-electron chi connectivity index (χ3n) is 5.05. The van der Waals surface area contributed by atoms with Crippen molar-refractivity contribution < 1.29 is 14.5 Å². The SMILES string of the molecule is CC[NH+](CC(=O)N1CC(=O)Nc2ccccc21)Cc1nc2ccccc2c(=O)[nH]1. The Labute approximate surface area is 167 Å². The number of carbonyl (C=O) groups is 2. The summed E-state index contributed by atoms with van der Waals surface area (Å²) < 4.78 is 0. The second-order valence-corrected chi connectivity index (χ2v) is 7.03. The van der Waals surface area contributed by atoms with E-state index in [1.54, 1.807) is 24.3 Å².